The minimum absolute atomic E-state index is 0.0670. The van der Waals surface area contributed by atoms with Crippen molar-refractivity contribution in [1.82, 2.24) is 14.8 Å². The quantitative estimate of drug-likeness (QED) is 0.695. The summed E-state index contributed by atoms with van der Waals surface area (Å²) in [6, 6.07) is 10.0. The van der Waals surface area contributed by atoms with E-state index >= 15 is 0 Å². The van der Waals surface area contributed by atoms with E-state index in [2.05, 4.69) is 9.88 Å². The first-order chi connectivity index (χ1) is 13.1. The maximum Gasteiger partial charge on any atom is 0.289 e. The van der Waals surface area contributed by atoms with Crippen LogP contribution in [-0.4, -0.2) is 46.9 Å². The molecular weight excluding hydrogens is 366 g/mol. The fraction of sp³-hybridized carbons (Fsp3) is 0.250. The number of fused-ring (bicyclic) bond motifs is 1. The van der Waals surface area contributed by atoms with Gasteiger partial charge < -0.3 is 9.32 Å². The van der Waals surface area contributed by atoms with Crippen molar-refractivity contribution >= 4 is 28.5 Å². The van der Waals surface area contributed by atoms with Gasteiger partial charge >= 0.3 is 0 Å². The molecule has 0 bridgehead atoms. The molecule has 7 heteroatoms. The monoisotopic (exact) mass is 383 g/mol. The maximum absolute atomic E-state index is 12.8. The highest BCUT2D eigenvalue weighted by Gasteiger charge is 2.24. The highest BCUT2D eigenvalue weighted by molar-refractivity contribution is 6.31. The highest BCUT2D eigenvalue weighted by atomic mass is 35.5. The maximum atomic E-state index is 12.8. The van der Waals surface area contributed by atoms with Gasteiger partial charge in [0.15, 0.2) is 11.2 Å². The van der Waals surface area contributed by atoms with Crippen molar-refractivity contribution in [2.45, 2.75) is 6.54 Å². The van der Waals surface area contributed by atoms with E-state index in [1.165, 1.54) is 11.6 Å². The van der Waals surface area contributed by atoms with Gasteiger partial charge in [-0.1, -0.05) is 11.6 Å². The van der Waals surface area contributed by atoms with E-state index in [1.807, 2.05) is 12.1 Å². The molecule has 1 amide bonds. The molecule has 1 aliphatic heterocycles. The molecule has 1 aliphatic rings. The molecule has 1 saturated heterocycles. The van der Waals surface area contributed by atoms with Gasteiger partial charge in [0.2, 0.25) is 0 Å². The van der Waals surface area contributed by atoms with E-state index in [0.29, 0.717) is 29.1 Å². The lowest BCUT2D eigenvalue weighted by Gasteiger charge is -2.34. The SMILES string of the molecule is O=C(c1cc(=O)c2cc(Cl)ccc2o1)N1CCN(Cc2ccncc2)CC1. The number of hydrogen-bond donors (Lipinski definition) is 0. The third kappa shape index (κ3) is 3.86. The first-order valence-corrected chi connectivity index (χ1v) is 9.12. The van der Waals surface area contributed by atoms with Crippen molar-refractivity contribution < 1.29 is 9.21 Å². The van der Waals surface area contributed by atoms with Gasteiger partial charge in [0.05, 0.1) is 5.39 Å². The number of piperazine rings is 1. The number of aromatic nitrogens is 1. The predicted octanol–water partition coefficient (Wildman–Crippen LogP) is 2.80. The Kier molecular flexibility index (Phi) is 4.92. The van der Waals surface area contributed by atoms with E-state index < -0.39 is 0 Å². The summed E-state index contributed by atoms with van der Waals surface area (Å²) in [5.41, 5.74) is 1.30. The second-order valence-electron chi connectivity index (χ2n) is 6.54. The molecule has 1 aromatic carbocycles. The van der Waals surface area contributed by atoms with E-state index in [4.69, 9.17) is 16.0 Å². The Morgan fingerprint density at radius 1 is 1.07 bits per heavy atom. The fourth-order valence-corrected chi connectivity index (χ4v) is 3.42. The highest BCUT2D eigenvalue weighted by Crippen LogP contribution is 2.19. The van der Waals surface area contributed by atoms with Crippen LogP contribution in [0.15, 0.2) is 58.0 Å². The van der Waals surface area contributed by atoms with Crippen LogP contribution in [-0.2, 0) is 6.54 Å². The van der Waals surface area contributed by atoms with Crippen LogP contribution in [0.4, 0.5) is 0 Å². The number of rotatable bonds is 3. The fourth-order valence-electron chi connectivity index (χ4n) is 3.25. The molecule has 0 saturated carbocycles. The predicted molar refractivity (Wildman–Crippen MR) is 103 cm³/mol. The van der Waals surface area contributed by atoms with Gasteiger partial charge in [0.25, 0.3) is 5.91 Å². The summed E-state index contributed by atoms with van der Waals surface area (Å²) in [7, 11) is 0. The zero-order valence-electron chi connectivity index (χ0n) is 14.6. The van der Waals surface area contributed by atoms with Crippen molar-refractivity contribution in [1.29, 1.82) is 0 Å². The molecule has 3 heterocycles. The lowest BCUT2D eigenvalue weighted by atomic mass is 10.2. The number of hydrogen-bond acceptors (Lipinski definition) is 5. The van der Waals surface area contributed by atoms with Gasteiger partial charge in [-0.05, 0) is 35.9 Å². The summed E-state index contributed by atoms with van der Waals surface area (Å²) >= 11 is 5.92. The molecule has 0 spiro atoms. The Balaban J connectivity index is 1.46. The van der Waals surface area contributed by atoms with Gasteiger partial charge in [-0.25, -0.2) is 0 Å². The van der Waals surface area contributed by atoms with Crippen molar-refractivity contribution in [3.05, 3.63) is 75.4 Å². The first kappa shape index (κ1) is 17.7. The third-order valence-electron chi connectivity index (χ3n) is 4.71. The van der Waals surface area contributed by atoms with E-state index in [0.717, 1.165) is 19.6 Å². The number of nitrogens with zero attached hydrogens (tertiary/aromatic N) is 3. The summed E-state index contributed by atoms with van der Waals surface area (Å²) in [5.74, 6) is -0.190. The van der Waals surface area contributed by atoms with Crippen molar-refractivity contribution in [3.63, 3.8) is 0 Å². The van der Waals surface area contributed by atoms with E-state index in [9.17, 15) is 9.59 Å². The van der Waals surface area contributed by atoms with Crippen LogP contribution in [0.3, 0.4) is 0 Å². The largest absolute Gasteiger partial charge is 0.451 e. The number of amides is 1. The number of benzene rings is 1. The molecule has 0 radical (unpaired) electrons. The molecule has 27 heavy (non-hydrogen) atoms. The molecule has 3 aromatic rings. The molecule has 6 nitrogen and oxygen atoms in total. The second-order valence-corrected chi connectivity index (χ2v) is 6.98. The molecule has 0 aliphatic carbocycles. The Morgan fingerprint density at radius 2 is 1.81 bits per heavy atom. The first-order valence-electron chi connectivity index (χ1n) is 8.74. The number of carbonyl (C=O) groups is 1. The summed E-state index contributed by atoms with van der Waals surface area (Å²) < 4.78 is 5.66. The summed E-state index contributed by atoms with van der Waals surface area (Å²) in [5, 5.41) is 0.834. The second kappa shape index (κ2) is 7.50. The molecule has 138 valence electrons. The van der Waals surface area contributed by atoms with Crippen molar-refractivity contribution in [2.75, 3.05) is 26.2 Å². The zero-order chi connectivity index (χ0) is 18.8. The van der Waals surface area contributed by atoms with Crippen LogP contribution in [0.1, 0.15) is 16.1 Å². The third-order valence-corrected chi connectivity index (χ3v) is 4.95. The minimum Gasteiger partial charge on any atom is -0.451 e. The van der Waals surface area contributed by atoms with Crippen LogP contribution in [0.2, 0.25) is 5.02 Å². The van der Waals surface area contributed by atoms with Crippen LogP contribution >= 0.6 is 11.6 Å². The van der Waals surface area contributed by atoms with Gasteiger partial charge in [-0.15, -0.1) is 0 Å². The molecule has 0 atom stereocenters. The van der Waals surface area contributed by atoms with Crippen LogP contribution < -0.4 is 5.43 Å². The van der Waals surface area contributed by atoms with Gasteiger partial charge in [-0.2, -0.15) is 0 Å². The molecular formula is C20H18ClN3O3. The molecule has 4 rings (SSSR count). The Bertz CT molecular complexity index is 1030. The average Bonchev–Trinajstić information content (AvgIpc) is 2.69. The van der Waals surface area contributed by atoms with Gasteiger partial charge in [0.1, 0.15) is 5.58 Å². The number of pyridine rings is 1. The standard InChI is InChI=1S/C20H18ClN3O3/c21-15-1-2-18-16(11-15)17(25)12-19(27-18)20(26)24-9-7-23(8-10-24)13-14-3-5-22-6-4-14/h1-6,11-12H,7-10,13H2. The van der Waals surface area contributed by atoms with Crippen LogP contribution in [0, 0.1) is 0 Å². The normalized spacial score (nSPS) is 15.2. The Labute approximate surface area is 161 Å². The van der Waals surface area contributed by atoms with Gasteiger partial charge in [0, 0.05) is 56.2 Å². The number of halogens is 1. The van der Waals surface area contributed by atoms with Crippen LogP contribution in [0.5, 0.6) is 0 Å². The Hall–Kier alpha value is -2.70. The molecule has 0 unspecified atom stereocenters. The van der Waals surface area contributed by atoms with Crippen molar-refractivity contribution in [3.8, 4) is 0 Å². The smallest absolute Gasteiger partial charge is 0.289 e. The molecule has 0 N–H and O–H groups in total. The average molecular weight is 384 g/mol. The van der Waals surface area contributed by atoms with Crippen LogP contribution in [0.25, 0.3) is 11.0 Å². The summed E-state index contributed by atoms with van der Waals surface area (Å²) in [6.45, 7) is 3.54. The lowest BCUT2D eigenvalue weighted by molar-refractivity contribution is 0.0598. The van der Waals surface area contributed by atoms with Gasteiger partial charge in [-0.3, -0.25) is 19.5 Å². The van der Waals surface area contributed by atoms with E-state index in [-0.39, 0.29) is 17.1 Å². The summed E-state index contributed by atoms with van der Waals surface area (Å²) in [6.07, 6.45) is 3.56. The Morgan fingerprint density at radius 3 is 2.56 bits per heavy atom. The number of carbonyl (C=O) groups excluding carboxylic acids is 1. The zero-order valence-corrected chi connectivity index (χ0v) is 15.4. The topological polar surface area (TPSA) is 66.7 Å². The summed E-state index contributed by atoms with van der Waals surface area (Å²) in [4.78, 5) is 33.1. The molecule has 2 aromatic heterocycles. The minimum atomic E-state index is -0.265. The lowest BCUT2D eigenvalue weighted by Crippen LogP contribution is -2.48. The van der Waals surface area contributed by atoms with Crippen molar-refractivity contribution in [2.24, 2.45) is 0 Å². The molecule has 1 fully saturated rings. The van der Waals surface area contributed by atoms with E-state index in [1.54, 1.807) is 35.5 Å².